The van der Waals surface area contributed by atoms with E-state index in [4.69, 9.17) is 25.8 Å². The SMILES string of the molecule is COc1cc(OC)c(Cc2cc(-c3ccc(Cl)cc3)n[nH]c2=O)c(OC)c1. The van der Waals surface area contributed by atoms with Crippen LogP contribution in [0.2, 0.25) is 5.02 Å². The highest BCUT2D eigenvalue weighted by atomic mass is 35.5. The normalized spacial score (nSPS) is 10.5. The van der Waals surface area contributed by atoms with Crippen molar-refractivity contribution in [3.8, 4) is 28.5 Å². The quantitative estimate of drug-likeness (QED) is 0.699. The number of aromatic amines is 1. The molecule has 0 amide bonds. The second kappa shape index (κ2) is 8.14. The molecule has 0 saturated carbocycles. The third kappa shape index (κ3) is 4.06. The van der Waals surface area contributed by atoms with Gasteiger partial charge in [-0.1, -0.05) is 23.7 Å². The molecule has 0 atom stereocenters. The second-order valence-corrected chi connectivity index (χ2v) is 6.24. The lowest BCUT2D eigenvalue weighted by atomic mass is 10.0. The predicted octanol–water partition coefficient (Wildman–Crippen LogP) is 3.71. The molecule has 1 heterocycles. The third-order valence-electron chi connectivity index (χ3n) is 4.20. The number of hydrogen-bond donors (Lipinski definition) is 1. The van der Waals surface area contributed by atoms with E-state index in [-0.39, 0.29) is 5.56 Å². The number of methoxy groups -OCH3 is 3. The zero-order valence-electron chi connectivity index (χ0n) is 15.2. The lowest BCUT2D eigenvalue weighted by Gasteiger charge is -2.15. The molecule has 1 N–H and O–H groups in total. The molecule has 0 aliphatic heterocycles. The van der Waals surface area contributed by atoms with Gasteiger partial charge in [0.1, 0.15) is 17.2 Å². The van der Waals surface area contributed by atoms with E-state index in [2.05, 4.69) is 10.2 Å². The largest absolute Gasteiger partial charge is 0.496 e. The van der Waals surface area contributed by atoms with Crippen molar-refractivity contribution in [2.75, 3.05) is 21.3 Å². The van der Waals surface area contributed by atoms with Crippen LogP contribution in [-0.2, 0) is 6.42 Å². The van der Waals surface area contributed by atoms with Crippen LogP contribution in [0.1, 0.15) is 11.1 Å². The van der Waals surface area contributed by atoms with E-state index in [0.717, 1.165) is 11.1 Å². The Morgan fingerprint density at radius 1 is 0.963 bits per heavy atom. The van der Waals surface area contributed by atoms with Crippen LogP contribution in [0.5, 0.6) is 17.2 Å². The van der Waals surface area contributed by atoms with Gasteiger partial charge in [0.2, 0.25) is 0 Å². The minimum absolute atomic E-state index is 0.271. The number of benzene rings is 2. The fraction of sp³-hybridized carbons (Fsp3) is 0.200. The average molecular weight is 387 g/mol. The standard InChI is InChI=1S/C20H19ClN2O4/c1-25-15-10-18(26-2)16(19(11-15)27-3)8-13-9-17(22-23-20(13)24)12-4-6-14(21)7-5-12/h4-7,9-11H,8H2,1-3H3,(H,23,24). The maximum atomic E-state index is 12.3. The van der Waals surface area contributed by atoms with Gasteiger partial charge in [-0.05, 0) is 18.2 Å². The van der Waals surface area contributed by atoms with Crippen LogP contribution in [0, 0.1) is 0 Å². The Bertz CT molecular complexity index is 975. The van der Waals surface area contributed by atoms with Gasteiger partial charge in [0.05, 0.1) is 27.0 Å². The highest BCUT2D eigenvalue weighted by Crippen LogP contribution is 2.35. The van der Waals surface area contributed by atoms with Gasteiger partial charge in [0.25, 0.3) is 5.56 Å². The second-order valence-electron chi connectivity index (χ2n) is 5.80. The van der Waals surface area contributed by atoms with E-state index < -0.39 is 0 Å². The highest BCUT2D eigenvalue weighted by Gasteiger charge is 2.16. The molecule has 0 saturated heterocycles. The number of hydrogen-bond acceptors (Lipinski definition) is 5. The van der Waals surface area contributed by atoms with Gasteiger partial charge in [0.15, 0.2) is 0 Å². The maximum absolute atomic E-state index is 12.3. The first-order valence-electron chi connectivity index (χ1n) is 8.19. The summed E-state index contributed by atoms with van der Waals surface area (Å²) in [6.45, 7) is 0. The van der Waals surface area contributed by atoms with E-state index in [9.17, 15) is 4.79 Å². The van der Waals surface area contributed by atoms with Crippen molar-refractivity contribution in [1.29, 1.82) is 0 Å². The van der Waals surface area contributed by atoms with Crippen molar-refractivity contribution in [3.63, 3.8) is 0 Å². The Morgan fingerprint density at radius 3 is 2.15 bits per heavy atom. The minimum Gasteiger partial charge on any atom is -0.496 e. The summed E-state index contributed by atoms with van der Waals surface area (Å²) in [7, 11) is 4.70. The van der Waals surface area contributed by atoms with Crippen LogP contribution in [-0.4, -0.2) is 31.5 Å². The molecule has 0 fully saturated rings. The maximum Gasteiger partial charge on any atom is 0.267 e. The summed E-state index contributed by atoms with van der Waals surface area (Å²) in [5, 5.41) is 7.32. The average Bonchev–Trinajstić information content (AvgIpc) is 2.70. The molecule has 7 heteroatoms. The van der Waals surface area contributed by atoms with E-state index in [1.807, 2.05) is 12.1 Å². The summed E-state index contributed by atoms with van der Waals surface area (Å²) in [6.07, 6.45) is 0.314. The first-order chi connectivity index (χ1) is 13.0. The number of ether oxygens (including phenoxy) is 3. The van der Waals surface area contributed by atoms with Gasteiger partial charge in [0, 0.05) is 40.3 Å². The molecular weight excluding hydrogens is 368 g/mol. The number of H-pyrrole nitrogens is 1. The molecule has 2 aromatic carbocycles. The van der Waals surface area contributed by atoms with Crippen molar-refractivity contribution in [2.45, 2.75) is 6.42 Å². The molecule has 3 rings (SSSR count). The van der Waals surface area contributed by atoms with Crippen molar-refractivity contribution in [3.05, 3.63) is 69.0 Å². The van der Waals surface area contributed by atoms with Gasteiger partial charge < -0.3 is 14.2 Å². The summed E-state index contributed by atoms with van der Waals surface area (Å²) in [5.74, 6) is 1.77. The van der Waals surface area contributed by atoms with Gasteiger partial charge >= 0.3 is 0 Å². The fourth-order valence-corrected chi connectivity index (χ4v) is 2.91. The number of aromatic nitrogens is 2. The van der Waals surface area contributed by atoms with Crippen molar-refractivity contribution in [2.24, 2.45) is 0 Å². The van der Waals surface area contributed by atoms with Crippen LogP contribution >= 0.6 is 11.6 Å². The van der Waals surface area contributed by atoms with E-state index in [0.29, 0.717) is 39.9 Å². The predicted molar refractivity (Wildman–Crippen MR) is 104 cm³/mol. The molecule has 0 aliphatic carbocycles. The van der Waals surface area contributed by atoms with Crippen LogP contribution in [0.25, 0.3) is 11.3 Å². The first-order valence-corrected chi connectivity index (χ1v) is 8.57. The van der Waals surface area contributed by atoms with E-state index >= 15 is 0 Å². The van der Waals surface area contributed by atoms with Crippen LogP contribution in [0.15, 0.2) is 47.3 Å². The zero-order chi connectivity index (χ0) is 19.4. The van der Waals surface area contributed by atoms with Gasteiger partial charge in [-0.25, -0.2) is 5.10 Å². The summed E-state index contributed by atoms with van der Waals surface area (Å²) >= 11 is 5.94. The number of nitrogens with zero attached hydrogens (tertiary/aromatic N) is 1. The molecule has 0 unspecified atom stereocenters. The topological polar surface area (TPSA) is 73.4 Å². The molecule has 27 heavy (non-hydrogen) atoms. The molecule has 0 spiro atoms. The molecule has 0 bridgehead atoms. The van der Waals surface area contributed by atoms with E-state index in [1.165, 1.54) is 0 Å². The fourth-order valence-electron chi connectivity index (χ4n) is 2.79. The van der Waals surface area contributed by atoms with Crippen molar-refractivity contribution < 1.29 is 14.2 Å². The lowest BCUT2D eigenvalue weighted by Crippen LogP contribution is -2.15. The summed E-state index contributed by atoms with van der Waals surface area (Å²) in [5.41, 5.74) is 2.52. The Labute approximate surface area is 161 Å². The van der Waals surface area contributed by atoms with Crippen LogP contribution in [0.3, 0.4) is 0 Å². The van der Waals surface area contributed by atoms with Crippen molar-refractivity contribution >= 4 is 11.6 Å². The lowest BCUT2D eigenvalue weighted by molar-refractivity contribution is 0.370. The smallest absolute Gasteiger partial charge is 0.267 e. The molecular formula is C20H19ClN2O4. The van der Waals surface area contributed by atoms with Crippen LogP contribution in [0.4, 0.5) is 0 Å². The number of nitrogens with one attached hydrogen (secondary N) is 1. The molecule has 0 aliphatic rings. The number of rotatable bonds is 6. The summed E-state index contributed by atoms with van der Waals surface area (Å²) < 4.78 is 16.2. The van der Waals surface area contributed by atoms with Gasteiger partial charge in [-0.3, -0.25) is 4.79 Å². The van der Waals surface area contributed by atoms with Gasteiger partial charge in [-0.2, -0.15) is 5.10 Å². The zero-order valence-corrected chi connectivity index (χ0v) is 16.0. The summed E-state index contributed by atoms with van der Waals surface area (Å²) in [4.78, 5) is 12.3. The third-order valence-corrected chi connectivity index (χ3v) is 4.46. The van der Waals surface area contributed by atoms with Gasteiger partial charge in [-0.15, -0.1) is 0 Å². The molecule has 0 radical (unpaired) electrons. The Morgan fingerprint density at radius 2 is 1.59 bits per heavy atom. The monoisotopic (exact) mass is 386 g/mol. The molecule has 3 aromatic rings. The summed E-state index contributed by atoms with van der Waals surface area (Å²) in [6, 6.07) is 12.5. The first kappa shape index (κ1) is 18.8. The Balaban J connectivity index is 2.04. The Kier molecular flexibility index (Phi) is 5.66. The van der Waals surface area contributed by atoms with Crippen LogP contribution < -0.4 is 19.8 Å². The minimum atomic E-state index is -0.271. The Hall–Kier alpha value is -2.99. The molecule has 1 aromatic heterocycles. The molecule has 6 nitrogen and oxygen atoms in total. The molecule has 140 valence electrons. The number of halogens is 1. The van der Waals surface area contributed by atoms with E-state index in [1.54, 1.807) is 51.7 Å². The van der Waals surface area contributed by atoms with Crippen molar-refractivity contribution in [1.82, 2.24) is 10.2 Å². The highest BCUT2D eigenvalue weighted by molar-refractivity contribution is 6.30.